The van der Waals surface area contributed by atoms with E-state index in [1.54, 1.807) is 0 Å². The van der Waals surface area contributed by atoms with Crippen molar-refractivity contribution >= 4 is 0 Å². The molecule has 1 saturated heterocycles. The Bertz CT molecular complexity index is 217. The minimum atomic E-state index is 0.772. The fraction of sp³-hybridized carbons (Fsp3) is 1.00. The normalized spacial score (nSPS) is 41.4. The molecule has 2 heteroatoms. The van der Waals surface area contributed by atoms with Gasteiger partial charge in [0.25, 0.3) is 0 Å². The first-order valence-electron chi connectivity index (χ1n) is 7.15. The molecule has 0 aromatic rings. The van der Waals surface area contributed by atoms with Gasteiger partial charge in [0, 0.05) is 18.6 Å². The van der Waals surface area contributed by atoms with E-state index >= 15 is 0 Å². The van der Waals surface area contributed by atoms with Crippen LogP contribution in [0.15, 0.2) is 0 Å². The van der Waals surface area contributed by atoms with E-state index in [9.17, 15) is 0 Å². The molecular formula is C14H28N2. The van der Waals surface area contributed by atoms with Gasteiger partial charge in [-0.2, -0.15) is 0 Å². The summed E-state index contributed by atoms with van der Waals surface area (Å²) in [5.74, 6) is 1.77. The van der Waals surface area contributed by atoms with Crippen LogP contribution in [0.5, 0.6) is 0 Å². The van der Waals surface area contributed by atoms with E-state index in [2.05, 4.69) is 31.1 Å². The summed E-state index contributed by atoms with van der Waals surface area (Å²) in [6.07, 6.45) is 7.01. The lowest BCUT2D eigenvalue weighted by Gasteiger charge is -2.38. The standard InChI is InChI=1S/C14H28N2/c1-4-12-6-5-7-14(12)15-13-8-9-16(3)10-11(13)2/h11-15H,4-10H2,1-3H3. The second-order valence-corrected chi connectivity index (χ2v) is 6.01. The number of hydrogen-bond donors (Lipinski definition) is 1. The fourth-order valence-electron chi connectivity index (χ4n) is 3.62. The van der Waals surface area contributed by atoms with Crippen LogP contribution in [0.3, 0.4) is 0 Å². The third kappa shape index (κ3) is 2.78. The predicted molar refractivity (Wildman–Crippen MR) is 69.6 cm³/mol. The summed E-state index contributed by atoms with van der Waals surface area (Å²) in [4.78, 5) is 2.47. The molecule has 0 radical (unpaired) electrons. The molecule has 4 atom stereocenters. The van der Waals surface area contributed by atoms with Crippen LogP contribution in [0.25, 0.3) is 0 Å². The third-order valence-electron chi connectivity index (χ3n) is 4.72. The minimum Gasteiger partial charge on any atom is -0.311 e. The van der Waals surface area contributed by atoms with Gasteiger partial charge in [-0.25, -0.2) is 0 Å². The van der Waals surface area contributed by atoms with E-state index in [0.29, 0.717) is 0 Å². The SMILES string of the molecule is CCC1CCCC1NC1CCN(C)CC1C. The molecule has 16 heavy (non-hydrogen) atoms. The summed E-state index contributed by atoms with van der Waals surface area (Å²) < 4.78 is 0. The molecule has 4 unspecified atom stereocenters. The molecule has 1 heterocycles. The van der Waals surface area contributed by atoms with Gasteiger partial charge < -0.3 is 10.2 Å². The van der Waals surface area contributed by atoms with Crippen LogP contribution in [0.1, 0.15) is 46.0 Å². The quantitative estimate of drug-likeness (QED) is 0.792. The monoisotopic (exact) mass is 224 g/mol. The predicted octanol–water partition coefficient (Wildman–Crippen LogP) is 2.49. The molecule has 0 amide bonds. The van der Waals surface area contributed by atoms with Crippen LogP contribution in [0, 0.1) is 11.8 Å². The Labute approximate surface area is 101 Å². The van der Waals surface area contributed by atoms with Crippen LogP contribution in [-0.4, -0.2) is 37.1 Å². The Kier molecular flexibility index (Phi) is 4.26. The Morgan fingerprint density at radius 1 is 1.19 bits per heavy atom. The number of nitrogens with one attached hydrogen (secondary N) is 1. The molecule has 1 N–H and O–H groups in total. The lowest BCUT2D eigenvalue weighted by Crippen LogP contribution is -2.51. The van der Waals surface area contributed by atoms with Gasteiger partial charge in [-0.05, 0) is 44.7 Å². The van der Waals surface area contributed by atoms with Crippen LogP contribution in [0.2, 0.25) is 0 Å². The summed E-state index contributed by atoms with van der Waals surface area (Å²) in [6, 6.07) is 1.59. The maximum Gasteiger partial charge on any atom is 0.0120 e. The first-order chi connectivity index (χ1) is 7.70. The van der Waals surface area contributed by atoms with Gasteiger partial charge in [0.05, 0.1) is 0 Å². The van der Waals surface area contributed by atoms with Crippen molar-refractivity contribution in [1.82, 2.24) is 10.2 Å². The van der Waals surface area contributed by atoms with Crippen LogP contribution in [0.4, 0.5) is 0 Å². The molecule has 2 aliphatic rings. The molecular weight excluding hydrogens is 196 g/mol. The van der Waals surface area contributed by atoms with E-state index in [1.807, 2.05) is 0 Å². The lowest BCUT2D eigenvalue weighted by atomic mass is 9.91. The topological polar surface area (TPSA) is 15.3 Å². The van der Waals surface area contributed by atoms with Gasteiger partial charge in [-0.15, -0.1) is 0 Å². The third-order valence-corrected chi connectivity index (χ3v) is 4.72. The van der Waals surface area contributed by atoms with E-state index in [1.165, 1.54) is 45.2 Å². The Hall–Kier alpha value is -0.0800. The van der Waals surface area contributed by atoms with Gasteiger partial charge in [0.1, 0.15) is 0 Å². The zero-order valence-electron chi connectivity index (χ0n) is 11.2. The molecule has 2 rings (SSSR count). The van der Waals surface area contributed by atoms with Crippen molar-refractivity contribution in [3.8, 4) is 0 Å². The summed E-state index contributed by atoms with van der Waals surface area (Å²) in [6.45, 7) is 7.29. The van der Waals surface area contributed by atoms with Crippen molar-refractivity contribution in [3.63, 3.8) is 0 Å². The second-order valence-electron chi connectivity index (χ2n) is 6.01. The van der Waals surface area contributed by atoms with Gasteiger partial charge >= 0.3 is 0 Å². The fourth-order valence-corrected chi connectivity index (χ4v) is 3.62. The average molecular weight is 224 g/mol. The zero-order chi connectivity index (χ0) is 11.5. The zero-order valence-corrected chi connectivity index (χ0v) is 11.2. The molecule has 1 saturated carbocycles. The minimum absolute atomic E-state index is 0.772. The van der Waals surface area contributed by atoms with Gasteiger partial charge in [0.2, 0.25) is 0 Å². The van der Waals surface area contributed by atoms with E-state index in [4.69, 9.17) is 0 Å². The molecule has 0 bridgehead atoms. The molecule has 1 aliphatic carbocycles. The molecule has 1 aliphatic heterocycles. The van der Waals surface area contributed by atoms with Crippen molar-refractivity contribution in [2.45, 2.75) is 58.0 Å². The highest BCUT2D eigenvalue weighted by Crippen LogP contribution is 2.29. The Morgan fingerprint density at radius 3 is 2.69 bits per heavy atom. The van der Waals surface area contributed by atoms with Crippen molar-refractivity contribution in [2.75, 3.05) is 20.1 Å². The first kappa shape index (κ1) is 12.4. The lowest BCUT2D eigenvalue weighted by molar-refractivity contribution is 0.159. The highest BCUT2D eigenvalue weighted by Gasteiger charge is 2.31. The number of piperidine rings is 1. The highest BCUT2D eigenvalue weighted by molar-refractivity contribution is 4.89. The van der Waals surface area contributed by atoms with Gasteiger partial charge in [-0.3, -0.25) is 0 Å². The highest BCUT2D eigenvalue weighted by atomic mass is 15.1. The number of rotatable bonds is 3. The molecule has 0 aromatic carbocycles. The van der Waals surface area contributed by atoms with Crippen LogP contribution in [-0.2, 0) is 0 Å². The summed E-state index contributed by atoms with van der Waals surface area (Å²) in [5, 5.41) is 3.96. The second kappa shape index (κ2) is 5.50. The maximum absolute atomic E-state index is 3.96. The van der Waals surface area contributed by atoms with Crippen molar-refractivity contribution in [3.05, 3.63) is 0 Å². The first-order valence-corrected chi connectivity index (χ1v) is 7.15. The molecule has 2 fully saturated rings. The molecule has 94 valence electrons. The van der Waals surface area contributed by atoms with Gasteiger partial charge in [0.15, 0.2) is 0 Å². The Balaban J connectivity index is 1.84. The summed E-state index contributed by atoms with van der Waals surface area (Å²) in [7, 11) is 2.25. The number of likely N-dealkylation sites (tertiary alicyclic amines) is 1. The number of nitrogens with zero attached hydrogens (tertiary/aromatic N) is 1. The Morgan fingerprint density at radius 2 is 2.00 bits per heavy atom. The van der Waals surface area contributed by atoms with E-state index in [-0.39, 0.29) is 0 Å². The van der Waals surface area contributed by atoms with Crippen molar-refractivity contribution in [1.29, 1.82) is 0 Å². The molecule has 2 nitrogen and oxygen atoms in total. The average Bonchev–Trinajstić information content (AvgIpc) is 2.69. The maximum atomic E-state index is 3.96. The van der Waals surface area contributed by atoms with E-state index in [0.717, 1.165) is 23.9 Å². The van der Waals surface area contributed by atoms with Gasteiger partial charge in [-0.1, -0.05) is 26.7 Å². The number of hydrogen-bond acceptors (Lipinski definition) is 2. The molecule has 0 spiro atoms. The smallest absolute Gasteiger partial charge is 0.0120 e. The summed E-state index contributed by atoms with van der Waals surface area (Å²) in [5.41, 5.74) is 0. The van der Waals surface area contributed by atoms with Crippen LogP contribution >= 0.6 is 0 Å². The van der Waals surface area contributed by atoms with Crippen molar-refractivity contribution in [2.24, 2.45) is 11.8 Å². The summed E-state index contributed by atoms with van der Waals surface area (Å²) >= 11 is 0. The largest absolute Gasteiger partial charge is 0.311 e. The van der Waals surface area contributed by atoms with Crippen molar-refractivity contribution < 1.29 is 0 Å². The molecule has 0 aromatic heterocycles. The van der Waals surface area contributed by atoms with Crippen LogP contribution < -0.4 is 5.32 Å². The van der Waals surface area contributed by atoms with E-state index < -0.39 is 0 Å².